The van der Waals surface area contributed by atoms with Crippen LogP contribution in [0.1, 0.15) is 17.3 Å². The third-order valence-electron chi connectivity index (χ3n) is 1.55. The molecule has 1 aromatic rings. The van der Waals surface area contributed by atoms with Crippen LogP contribution in [-0.4, -0.2) is 27.6 Å². The second-order valence-electron chi connectivity index (χ2n) is 2.44. The maximum atomic E-state index is 11.3. The third kappa shape index (κ3) is 2.11. The Morgan fingerprint density at radius 1 is 1.75 bits per heavy atom. The van der Waals surface area contributed by atoms with Gasteiger partial charge in [0, 0.05) is 12.7 Å². The molecule has 0 fully saturated rings. The van der Waals surface area contributed by atoms with E-state index in [4.69, 9.17) is 0 Å². The van der Waals surface area contributed by atoms with Crippen LogP contribution < -0.4 is 0 Å². The molecule has 0 saturated carbocycles. The molecule has 0 N–H and O–H groups in total. The van der Waals surface area contributed by atoms with Gasteiger partial charge in [0.2, 0.25) is 0 Å². The van der Waals surface area contributed by atoms with Crippen LogP contribution in [0.2, 0.25) is 0 Å². The van der Waals surface area contributed by atoms with E-state index in [-0.39, 0.29) is 5.78 Å². The van der Waals surface area contributed by atoms with Gasteiger partial charge in [-0.1, -0.05) is 0 Å². The van der Waals surface area contributed by atoms with Gasteiger partial charge in [0.25, 0.3) is 0 Å². The number of carbonyl (C=O) groups is 1. The highest BCUT2D eigenvalue weighted by atomic mass is 32.2. The van der Waals surface area contributed by atoms with E-state index in [9.17, 15) is 4.79 Å². The highest BCUT2D eigenvalue weighted by Crippen LogP contribution is 2.03. The van der Waals surface area contributed by atoms with E-state index in [0.29, 0.717) is 11.3 Å². The van der Waals surface area contributed by atoms with Crippen molar-refractivity contribution in [2.45, 2.75) is 13.5 Å². The molecule has 0 atom stereocenters. The number of Topliss-reactive ketones (excluding diaryl/α,β-unsaturated/α-hetero) is 1. The number of carbonyl (C=O) groups excluding carboxylic acids is 1. The number of ketones is 1. The zero-order valence-electron chi connectivity index (χ0n) is 7.28. The SMILES string of the molecule is CCn1cc(C(=O)CSC)cn1. The highest BCUT2D eigenvalue weighted by molar-refractivity contribution is 7.99. The van der Waals surface area contributed by atoms with Gasteiger partial charge in [0.05, 0.1) is 17.5 Å². The van der Waals surface area contributed by atoms with Gasteiger partial charge in [-0.3, -0.25) is 9.48 Å². The molecule has 1 heterocycles. The maximum absolute atomic E-state index is 11.3. The second-order valence-corrected chi connectivity index (χ2v) is 3.31. The summed E-state index contributed by atoms with van der Waals surface area (Å²) >= 11 is 1.53. The topological polar surface area (TPSA) is 34.9 Å². The average Bonchev–Trinajstić information content (AvgIpc) is 2.52. The summed E-state index contributed by atoms with van der Waals surface area (Å²) in [7, 11) is 0. The molecule has 0 bridgehead atoms. The Morgan fingerprint density at radius 2 is 2.50 bits per heavy atom. The third-order valence-corrected chi connectivity index (χ3v) is 2.11. The number of nitrogens with zero attached hydrogens (tertiary/aromatic N) is 2. The standard InChI is InChI=1S/C8H12N2OS/c1-3-10-5-7(4-9-10)8(11)6-12-2/h4-5H,3,6H2,1-2H3. The minimum absolute atomic E-state index is 0.155. The Morgan fingerprint density at radius 3 is 3.00 bits per heavy atom. The van der Waals surface area contributed by atoms with Crippen LogP contribution in [0.15, 0.2) is 12.4 Å². The summed E-state index contributed by atoms with van der Waals surface area (Å²) in [6.45, 7) is 2.81. The first-order chi connectivity index (χ1) is 5.77. The Kier molecular flexibility index (Phi) is 3.34. The number of aryl methyl sites for hydroxylation is 1. The van der Waals surface area contributed by atoms with Crippen molar-refractivity contribution in [3.63, 3.8) is 0 Å². The summed E-state index contributed by atoms with van der Waals surface area (Å²) in [6.07, 6.45) is 5.34. The van der Waals surface area contributed by atoms with Gasteiger partial charge in [-0.25, -0.2) is 0 Å². The van der Waals surface area contributed by atoms with Crippen LogP contribution in [0, 0.1) is 0 Å². The molecule has 0 saturated heterocycles. The number of aromatic nitrogens is 2. The fraction of sp³-hybridized carbons (Fsp3) is 0.500. The van der Waals surface area contributed by atoms with E-state index in [1.54, 1.807) is 17.1 Å². The Labute approximate surface area is 76.1 Å². The molecule has 0 aromatic carbocycles. The van der Waals surface area contributed by atoms with Crippen molar-refractivity contribution >= 4 is 17.5 Å². The summed E-state index contributed by atoms with van der Waals surface area (Å²) in [5.41, 5.74) is 0.714. The van der Waals surface area contributed by atoms with Crippen LogP contribution >= 0.6 is 11.8 Å². The van der Waals surface area contributed by atoms with E-state index >= 15 is 0 Å². The molecule has 0 amide bonds. The molecule has 0 spiro atoms. The first-order valence-corrected chi connectivity index (χ1v) is 5.22. The van der Waals surface area contributed by atoms with E-state index in [0.717, 1.165) is 6.54 Å². The normalized spacial score (nSPS) is 10.2. The zero-order valence-corrected chi connectivity index (χ0v) is 8.10. The van der Waals surface area contributed by atoms with Crippen molar-refractivity contribution in [2.24, 2.45) is 0 Å². The van der Waals surface area contributed by atoms with E-state index in [1.165, 1.54) is 11.8 Å². The first-order valence-electron chi connectivity index (χ1n) is 3.82. The molecule has 4 heteroatoms. The van der Waals surface area contributed by atoms with Crippen LogP contribution in [0.3, 0.4) is 0 Å². The molecule has 0 radical (unpaired) electrons. The van der Waals surface area contributed by atoms with Crippen LogP contribution in [0.4, 0.5) is 0 Å². The Balaban J connectivity index is 2.68. The first kappa shape index (κ1) is 9.32. The number of thioether (sulfide) groups is 1. The Bertz CT molecular complexity index is 270. The van der Waals surface area contributed by atoms with Crippen LogP contribution in [0.5, 0.6) is 0 Å². The molecule has 0 aliphatic heterocycles. The molecule has 0 aliphatic carbocycles. The summed E-state index contributed by atoms with van der Waals surface area (Å²) < 4.78 is 1.76. The summed E-state index contributed by atoms with van der Waals surface area (Å²) in [6, 6.07) is 0. The molecule has 0 unspecified atom stereocenters. The summed E-state index contributed by atoms with van der Waals surface area (Å²) in [4.78, 5) is 11.3. The predicted molar refractivity (Wildman–Crippen MR) is 50.6 cm³/mol. The monoisotopic (exact) mass is 184 g/mol. The van der Waals surface area contributed by atoms with Crippen LogP contribution in [0.25, 0.3) is 0 Å². The lowest BCUT2D eigenvalue weighted by Gasteiger charge is -1.92. The van der Waals surface area contributed by atoms with E-state index < -0.39 is 0 Å². The minimum Gasteiger partial charge on any atom is -0.293 e. The fourth-order valence-electron chi connectivity index (χ4n) is 0.895. The van der Waals surface area contributed by atoms with Crippen LogP contribution in [-0.2, 0) is 6.54 Å². The highest BCUT2D eigenvalue weighted by Gasteiger charge is 2.06. The van der Waals surface area contributed by atoms with Gasteiger partial charge in [-0.2, -0.15) is 16.9 Å². The average molecular weight is 184 g/mol. The quantitative estimate of drug-likeness (QED) is 0.664. The van der Waals surface area contributed by atoms with E-state index in [2.05, 4.69) is 5.10 Å². The number of hydrogen-bond donors (Lipinski definition) is 0. The fourth-order valence-corrected chi connectivity index (χ4v) is 1.32. The van der Waals surface area contributed by atoms with Gasteiger partial charge < -0.3 is 0 Å². The molecular formula is C8H12N2OS. The summed E-state index contributed by atoms with van der Waals surface area (Å²) in [5, 5.41) is 4.02. The van der Waals surface area contributed by atoms with Gasteiger partial charge in [0.15, 0.2) is 5.78 Å². The molecule has 66 valence electrons. The zero-order chi connectivity index (χ0) is 8.97. The summed E-state index contributed by atoms with van der Waals surface area (Å²) in [5.74, 6) is 0.692. The lowest BCUT2D eigenvalue weighted by molar-refractivity contribution is 0.102. The number of hydrogen-bond acceptors (Lipinski definition) is 3. The Hall–Kier alpha value is -0.770. The van der Waals surface area contributed by atoms with Crippen molar-refractivity contribution in [3.8, 4) is 0 Å². The van der Waals surface area contributed by atoms with Crippen molar-refractivity contribution < 1.29 is 4.79 Å². The van der Waals surface area contributed by atoms with Gasteiger partial charge in [-0.15, -0.1) is 0 Å². The molecular weight excluding hydrogens is 172 g/mol. The second kappa shape index (κ2) is 4.30. The van der Waals surface area contributed by atoms with E-state index in [1.807, 2.05) is 13.2 Å². The predicted octanol–water partition coefficient (Wildman–Crippen LogP) is 1.45. The molecule has 1 rings (SSSR count). The molecule has 1 aromatic heterocycles. The maximum Gasteiger partial charge on any atom is 0.175 e. The minimum atomic E-state index is 0.155. The smallest absolute Gasteiger partial charge is 0.175 e. The van der Waals surface area contributed by atoms with Crippen molar-refractivity contribution in [3.05, 3.63) is 18.0 Å². The lowest BCUT2D eigenvalue weighted by Crippen LogP contribution is -2.00. The molecule has 3 nitrogen and oxygen atoms in total. The lowest BCUT2D eigenvalue weighted by atomic mass is 10.3. The van der Waals surface area contributed by atoms with Gasteiger partial charge in [-0.05, 0) is 13.2 Å². The molecule has 0 aliphatic rings. The van der Waals surface area contributed by atoms with Crippen molar-refractivity contribution in [2.75, 3.05) is 12.0 Å². The van der Waals surface area contributed by atoms with Gasteiger partial charge >= 0.3 is 0 Å². The largest absolute Gasteiger partial charge is 0.293 e. The van der Waals surface area contributed by atoms with Crippen molar-refractivity contribution in [1.82, 2.24) is 9.78 Å². The van der Waals surface area contributed by atoms with Gasteiger partial charge in [0.1, 0.15) is 0 Å². The number of rotatable bonds is 4. The molecule has 12 heavy (non-hydrogen) atoms. The van der Waals surface area contributed by atoms with Crippen molar-refractivity contribution in [1.29, 1.82) is 0 Å².